The summed E-state index contributed by atoms with van der Waals surface area (Å²) in [6.45, 7) is 3.43. The van der Waals surface area contributed by atoms with E-state index in [0.717, 1.165) is 26.2 Å². The highest BCUT2D eigenvalue weighted by Gasteiger charge is 2.20. The van der Waals surface area contributed by atoms with E-state index in [0.29, 0.717) is 5.82 Å². The number of hydrogen-bond acceptors (Lipinski definition) is 5. The molecule has 0 N–H and O–H groups in total. The van der Waals surface area contributed by atoms with Gasteiger partial charge in [-0.3, -0.25) is 4.79 Å². The van der Waals surface area contributed by atoms with Crippen LogP contribution in [0, 0.1) is 0 Å². The van der Waals surface area contributed by atoms with Gasteiger partial charge in [-0.15, -0.1) is 0 Å². The van der Waals surface area contributed by atoms with Crippen molar-refractivity contribution in [3.05, 3.63) is 12.2 Å². The van der Waals surface area contributed by atoms with Crippen molar-refractivity contribution in [3.63, 3.8) is 0 Å². The summed E-state index contributed by atoms with van der Waals surface area (Å²) in [5.74, 6) is 0.531. The van der Waals surface area contributed by atoms with Gasteiger partial charge in [0.2, 0.25) is 12.3 Å². The van der Waals surface area contributed by atoms with Crippen LogP contribution in [0.1, 0.15) is 5.82 Å². The molecule has 2 rings (SSSR count). The molecule has 6 heteroatoms. The number of likely N-dealkylation sites (N-methyl/N-ethyl adjacent to an activating group) is 1. The maximum Gasteiger partial charge on any atom is 0.230 e. The molecule has 15 heavy (non-hydrogen) atoms. The molecule has 1 aromatic rings. The smallest absolute Gasteiger partial charge is 0.230 e. The molecule has 1 fully saturated rings. The number of aromatic nitrogens is 2. The van der Waals surface area contributed by atoms with Crippen molar-refractivity contribution in [3.8, 4) is 0 Å². The fourth-order valence-electron chi connectivity index (χ4n) is 1.57. The van der Waals surface area contributed by atoms with Crippen LogP contribution in [0.2, 0.25) is 0 Å². The minimum absolute atomic E-state index is 0.0736. The molecule has 2 heterocycles. The van der Waals surface area contributed by atoms with Gasteiger partial charge in [-0.2, -0.15) is 4.98 Å². The zero-order valence-electron chi connectivity index (χ0n) is 8.72. The number of amides is 1. The lowest BCUT2D eigenvalue weighted by Gasteiger charge is -2.32. The van der Waals surface area contributed by atoms with Crippen molar-refractivity contribution < 1.29 is 9.32 Å². The molecule has 1 amide bonds. The Hall–Kier alpha value is -1.43. The topological polar surface area (TPSA) is 62.5 Å². The molecule has 1 aliphatic rings. The lowest BCUT2D eigenvalue weighted by atomic mass is 10.3. The van der Waals surface area contributed by atoms with Gasteiger partial charge in [0.25, 0.3) is 0 Å². The number of hydrogen-bond donors (Lipinski definition) is 0. The second-order valence-corrected chi connectivity index (χ2v) is 3.71. The average Bonchev–Trinajstić information content (AvgIpc) is 2.71. The summed E-state index contributed by atoms with van der Waals surface area (Å²) in [6.07, 6.45) is 1.48. The van der Waals surface area contributed by atoms with Crippen molar-refractivity contribution >= 4 is 5.91 Å². The summed E-state index contributed by atoms with van der Waals surface area (Å²) in [5, 5.41) is 3.62. The lowest BCUT2D eigenvalue weighted by Crippen LogP contribution is -2.47. The Balaban J connectivity index is 1.86. The standard InChI is InChI=1S/C9H14N4O2/c1-12-2-4-13(5-3-12)9(14)6-8-10-7-15-11-8/h7H,2-6H2,1H3. The first-order valence-electron chi connectivity index (χ1n) is 4.97. The third kappa shape index (κ3) is 2.53. The van der Waals surface area contributed by atoms with Gasteiger partial charge >= 0.3 is 0 Å². The molecule has 0 atom stereocenters. The molecule has 0 radical (unpaired) electrons. The Bertz CT molecular complexity index is 317. The predicted molar refractivity (Wildman–Crippen MR) is 52.1 cm³/mol. The molecule has 1 aromatic heterocycles. The van der Waals surface area contributed by atoms with Crippen molar-refractivity contribution in [2.45, 2.75) is 6.42 Å². The summed E-state index contributed by atoms with van der Waals surface area (Å²) in [7, 11) is 2.06. The van der Waals surface area contributed by atoms with E-state index in [-0.39, 0.29) is 12.3 Å². The van der Waals surface area contributed by atoms with Gasteiger partial charge in [0.1, 0.15) is 0 Å². The number of carbonyl (C=O) groups is 1. The fourth-order valence-corrected chi connectivity index (χ4v) is 1.57. The van der Waals surface area contributed by atoms with E-state index >= 15 is 0 Å². The predicted octanol–water partition coefficient (Wildman–Crippen LogP) is -0.614. The monoisotopic (exact) mass is 210 g/mol. The molecule has 82 valence electrons. The van der Waals surface area contributed by atoms with Crippen LogP contribution in [-0.2, 0) is 11.2 Å². The first-order chi connectivity index (χ1) is 7.25. The Morgan fingerprint density at radius 2 is 2.20 bits per heavy atom. The SMILES string of the molecule is CN1CCN(C(=O)Cc2ncon2)CC1. The molecule has 6 nitrogen and oxygen atoms in total. The molecule has 0 saturated carbocycles. The summed E-state index contributed by atoms with van der Waals surface area (Å²) in [4.78, 5) is 19.6. The molecule has 1 saturated heterocycles. The normalized spacial score (nSPS) is 18.1. The van der Waals surface area contributed by atoms with Crippen LogP contribution >= 0.6 is 0 Å². The summed E-state index contributed by atoms with van der Waals surface area (Å²) in [5.41, 5.74) is 0. The molecule has 0 aliphatic carbocycles. The minimum atomic E-state index is 0.0736. The Labute approximate surface area is 87.8 Å². The van der Waals surface area contributed by atoms with E-state index < -0.39 is 0 Å². The summed E-state index contributed by atoms with van der Waals surface area (Å²) < 4.78 is 4.58. The van der Waals surface area contributed by atoms with E-state index in [1.54, 1.807) is 0 Å². The van der Waals surface area contributed by atoms with E-state index in [1.165, 1.54) is 6.39 Å². The molecular formula is C9H14N4O2. The average molecular weight is 210 g/mol. The number of piperazine rings is 1. The molecule has 0 aromatic carbocycles. The lowest BCUT2D eigenvalue weighted by molar-refractivity contribution is -0.132. The molecule has 0 spiro atoms. The second-order valence-electron chi connectivity index (χ2n) is 3.71. The highest BCUT2D eigenvalue weighted by molar-refractivity contribution is 5.78. The van der Waals surface area contributed by atoms with Crippen LogP contribution in [-0.4, -0.2) is 59.1 Å². The van der Waals surface area contributed by atoms with Gasteiger partial charge in [-0.05, 0) is 7.05 Å². The van der Waals surface area contributed by atoms with Crippen molar-refractivity contribution in [2.24, 2.45) is 0 Å². The van der Waals surface area contributed by atoms with E-state index in [4.69, 9.17) is 0 Å². The van der Waals surface area contributed by atoms with Gasteiger partial charge < -0.3 is 14.3 Å². The third-order valence-electron chi connectivity index (χ3n) is 2.57. The molecular weight excluding hydrogens is 196 g/mol. The highest BCUT2D eigenvalue weighted by atomic mass is 16.5. The van der Waals surface area contributed by atoms with Gasteiger partial charge in [0.15, 0.2) is 5.82 Å². The minimum Gasteiger partial charge on any atom is -0.343 e. The van der Waals surface area contributed by atoms with E-state index in [2.05, 4.69) is 26.6 Å². The maximum atomic E-state index is 11.8. The summed E-state index contributed by atoms with van der Waals surface area (Å²) in [6, 6.07) is 0. The van der Waals surface area contributed by atoms with Crippen LogP contribution in [0.25, 0.3) is 0 Å². The first kappa shape index (κ1) is 10.1. The zero-order chi connectivity index (χ0) is 10.7. The fraction of sp³-hybridized carbons (Fsp3) is 0.667. The van der Waals surface area contributed by atoms with Gasteiger partial charge in [0, 0.05) is 26.2 Å². The number of carbonyl (C=O) groups excluding carboxylic acids is 1. The summed E-state index contributed by atoms with van der Waals surface area (Å²) >= 11 is 0. The second kappa shape index (κ2) is 4.39. The van der Waals surface area contributed by atoms with Crippen LogP contribution < -0.4 is 0 Å². The number of rotatable bonds is 2. The van der Waals surface area contributed by atoms with Crippen LogP contribution in [0.5, 0.6) is 0 Å². The molecule has 1 aliphatic heterocycles. The van der Waals surface area contributed by atoms with Crippen molar-refractivity contribution in [2.75, 3.05) is 33.2 Å². The molecule has 0 unspecified atom stereocenters. The van der Waals surface area contributed by atoms with Crippen LogP contribution in [0.3, 0.4) is 0 Å². The molecule has 0 bridgehead atoms. The van der Waals surface area contributed by atoms with Crippen LogP contribution in [0.4, 0.5) is 0 Å². The quantitative estimate of drug-likeness (QED) is 0.651. The number of nitrogens with zero attached hydrogens (tertiary/aromatic N) is 4. The van der Waals surface area contributed by atoms with E-state index in [1.807, 2.05) is 4.90 Å². The Morgan fingerprint density at radius 1 is 1.47 bits per heavy atom. The van der Waals surface area contributed by atoms with Crippen molar-refractivity contribution in [1.29, 1.82) is 0 Å². The van der Waals surface area contributed by atoms with Gasteiger partial charge in [-0.25, -0.2) is 0 Å². The largest absolute Gasteiger partial charge is 0.343 e. The van der Waals surface area contributed by atoms with Crippen molar-refractivity contribution in [1.82, 2.24) is 19.9 Å². The van der Waals surface area contributed by atoms with Crippen LogP contribution in [0.15, 0.2) is 10.9 Å². The Kier molecular flexibility index (Phi) is 2.96. The maximum absolute atomic E-state index is 11.8. The first-order valence-corrected chi connectivity index (χ1v) is 4.97. The van der Waals surface area contributed by atoms with Gasteiger partial charge in [-0.1, -0.05) is 5.16 Å². The highest BCUT2D eigenvalue weighted by Crippen LogP contribution is 2.02. The van der Waals surface area contributed by atoms with E-state index in [9.17, 15) is 4.79 Å². The van der Waals surface area contributed by atoms with Gasteiger partial charge in [0.05, 0.1) is 6.42 Å². The zero-order valence-corrected chi connectivity index (χ0v) is 8.72. The third-order valence-corrected chi connectivity index (χ3v) is 2.57. The Morgan fingerprint density at radius 3 is 2.80 bits per heavy atom.